The van der Waals surface area contributed by atoms with E-state index in [9.17, 15) is 0 Å². The van der Waals surface area contributed by atoms with E-state index in [-0.39, 0.29) is 0 Å². The summed E-state index contributed by atoms with van der Waals surface area (Å²) >= 11 is 0. The van der Waals surface area contributed by atoms with Gasteiger partial charge in [-0.3, -0.25) is 0 Å². The van der Waals surface area contributed by atoms with Crippen molar-refractivity contribution in [1.82, 2.24) is 0 Å². The highest BCUT2D eigenvalue weighted by atomic mass is 16.5. The van der Waals surface area contributed by atoms with Crippen LogP contribution in [0.3, 0.4) is 0 Å². The fourth-order valence-corrected chi connectivity index (χ4v) is 2.29. The summed E-state index contributed by atoms with van der Waals surface area (Å²) in [4.78, 5) is 0. The first kappa shape index (κ1) is 13.6. The zero-order valence-electron chi connectivity index (χ0n) is 11.7. The van der Waals surface area contributed by atoms with E-state index < -0.39 is 5.60 Å². The van der Waals surface area contributed by atoms with Crippen LogP contribution in [-0.2, 0) is 10.3 Å². The van der Waals surface area contributed by atoms with Gasteiger partial charge in [-0.15, -0.1) is 0 Å². The highest BCUT2D eigenvalue weighted by molar-refractivity contribution is 5.38. The highest BCUT2D eigenvalue weighted by Gasteiger charge is 2.29. The molecule has 0 spiro atoms. The van der Waals surface area contributed by atoms with Crippen molar-refractivity contribution in [2.24, 2.45) is 0 Å². The Morgan fingerprint density at radius 2 is 1.47 bits per heavy atom. The third-order valence-corrected chi connectivity index (χ3v) is 3.40. The molecule has 0 aliphatic rings. The van der Waals surface area contributed by atoms with Crippen molar-refractivity contribution in [2.75, 3.05) is 13.7 Å². The van der Waals surface area contributed by atoms with E-state index in [4.69, 9.17) is 9.47 Å². The number of benzene rings is 2. The minimum Gasteiger partial charge on any atom is -0.497 e. The Morgan fingerprint density at radius 3 is 2.00 bits per heavy atom. The fraction of sp³-hybridized carbons (Fsp3) is 0.294. The zero-order valence-corrected chi connectivity index (χ0v) is 11.7. The Bertz CT molecular complexity index is 505. The molecule has 0 N–H and O–H groups in total. The average Bonchev–Trinajstić information content (AvgIpc) is 2.48. The van der Waals surface area contributed by atoms with Crippen molar-refractivity contribution < 1.29 is 9.47 Å². The van der Waals surface area contributed by atoms with Crippen LogP contribution in [0.5, 0.6) is 5.75 Å². The van der Waals surface area contributed by atoms with Crippen molar-refractivity contribution in [3.63, 3.8) is 0 Å². The number of hydrogen-bond acceptors (Lipinski definition) is 2. The van der Waals surface area contributed by atoms with Gasteiger partial charge in [-0.05, 0) is 37.1 Å². The van der Waals surface area contributed by atoms with Crippen molar-refractivity contribution in [1.29, 1.82) is 0 Å². The second-order valence-corrected chi connectivity index (χ2v) is 4.56. The molecule has 19 heavy (non-hydrogen) atoms. The summed E-state index contributed by atoms with van der Waals surface area (Å²) in [5, 5.41) is 0. The summed E-state index contributed by atoms with van der Waals surface area (Å²) in [5.74, 6) is 0.857. The van der Waals surface area contributed by atoms with Crippen LogP contribution in [0.25, 0.3) is 0 Å². The topological polar surface area (TPSA) is 18.5 Å². The monoisotopic (exact) mass is 256 g/mol. The predicted octanol–water partition coefficient (Wildman–Crippen LogP) is 4.00. The lowest BCUT2D eigenvalue weighted by molar-refractivity contribution is 0.00402. The average molecular weight is 256 g/mol. The Morgan fingerprint density at radius 1 is 0.895 bits per heavy atom. The van der Waals surface area contributed by atoms with Crippen LogP contribution < -0.4 is 4.74 Å². The van der Waals surface area contributed by atoms with Gasteiger partial charge in [0.05, 0.1) is 7.11 Å². The molecule has 0 heterocycles. The van der Waals surface area contributed by atoms with Gasteiger partial charge in [0.2, 0.25) is 0 Å². The Labute approximate surface area is 115 Å². The van der Waals surface area contributed by atoms with Crippen molar-refractivity contribution in [3.05, 3.63) is 65.7 Å². The zero-order chi connectivity index (χ0) is 13.7. The molecule has 2 heteroatoms. The van der Waals surface area contributed by atoms with Gasteiger partial charge in [-0.1, -0.05) is 42.5 Å². The minimum absolute atomic E-state index is 0.428. The van der Waals surface area contributed by atoms with E-state index in [0.29, 0.717) is 6.61 Å². The number of methoxy groups -OCH3 is 1. The van der Waals surface area contributed by atoms with Crippen LogP contribution in [-0.4, -0.2) is 13.7 Å². The molecular formula is C17H20O2. The molecule has 0 fully saturated rings. The quantitative estimate of drug-likeness (QED) is 0.805. The minimum atomic E-state index is -0.428. The van der Waals surface area contributed by atoms with Crippen LogP contribution in [0.1, 0.15) is 25.0 Å². The molecule has 1 atom stereocenters. The summed E-state index contributed by atoms with van der Waals surface area (Å²) < 4.78 is 11.2. The first-order valence-corrected chi connectivity index (χ1v) is 6.54. The molecule has 2 aromatic rings. The maximum Gasteiger partial charge on any atom is 0.118 e. The molecule has 0 saturated carbocycles. The van der Waals surface area contributed by atoms with E-state index in [1.54, 1.807) is 7.11 Å². The molecule has 2 rings (SSSR count). The summed E-state index contributed by atoms with van der Waals surface area (Å²) in [6.07, 6.45) is 0. The Kier molecular flexibility index (Phi) is 4.23. The summed E-state index contributed by atoms with van der Waals surface area (Å²) in [5.41, 5.74) is 1.85. The van der Waals surface area contributed by atoms with E-state index in [0.717, 1.165) is 16.9 Å². The van der Waals surface area contributed by atoms with Crippen LogP contribution >= 0.6 is 0 Å². The fourth-order valence-electron chi connectivity index (χ4n) is 2.29. The lowest BCUT2D eigenvalue weighted by Gasteiger charge is -2.31. The molecule has 2 aromatic carbocycles. The van der Waals surface area contributed by atoms with Crippen LogP contribution in [0.15, 0.2) is 54.6 Å². The van der Waals surface area contributed by atoms with Gasteiger partial charge in [-0.2, -0.15) is 0 Å². The van der Waals surface area contributed by atoms with E-state index in [1.165, 1.54) is 0 Å². The lowest BCUT2D eigenvalue weighted by atomic mass is 9.88. The second-order valence-electron chi connectivity index (χ2n) is 4.56. The second kappa shape index (κ2) is 5.89. The van der Waals surface area contributed by atoms with Gasteiger partial charge in [0.25, 0.3) is 0 Å². The molecule has 0 saturated heterocycles. The van der Waals surface area contributed by atoms with E-state index in [1.807, 2.05) is 37.3 Å². The van der Waals surface area contributed by atoms with Gasteiger partial charge in [0, 0.05) is 6.61 Å². The largest absolute Gasteiger partial charge is 0.497 e. The maximum atomic E-state index is 6.03. The van der Waals surface area contributed by atoms with E-state index >= 15 is 0 Å². The molecular weight excluding hydrogens is 236 g/mol. The molecule has 1 unspecified atom stereocenters. The van der Waals surface area contributed by atoms with Gasteiger partial charge in [0.15, 0.2) is 0 Å². The summed E-state index contributed by atoms with van der Waals surface area (Å²) in [6, 6.07) is 18.3. The number of hydrogen-bond donors (Lipinski definition) is 0. The molecule has 100 valence electrons. The van der Waals surface area contributed by atoms with Gasteiger partial charge < -0.3 is 9.47 Å². The summed E-state index contributed by atoms with van der Waals surface area (Å²) in [7, 11) is 1.67. The summed E-state index contributed by atoms with van der Waals surface area (Å²) in [6.45, 7) is 4.79. The van der Waals surface area contributed by atoms with Crippen LogP contribution in [0.4, 0.5) is 0 Å². The van der Waals surface area contributed by atoms with Crippen LogP contribution in [0.2, 0.25) is 0 Å². The number of rotatable bonds is 5. The third-order valence-electron chi connectivity index (χ3n) is 3.40. The van der Waals surface area contributed by atoms with Gasteiger partial charge in [0.1, 0.15) is 11.4 Å². The molecule has 0 aliphatic carbocycles. The molecule has 2 nitrogen and oxygen atoms in total. The highest BCUT2D eigenvalue weighted by Crippen LogP contribution is 2.33. The van der Waals surface area contributed by atoms with Crippen LogP contribution in [0, 0.1) is 0 Å². The van der Waals surface area contributed by atoms with Crippen molar-refractivity contribution in [3.8, 4) is 5.75 Å². The van der Waals surface area contributed by atoms with Crippen molar-refractivity contribution in [2.45, 2.75) is 19.4 Å². The molecule has 0 bridgehead atoms. The van der Waals surface area contributed by atoms with E-state index in [2.05, 4.69) is 31.2 Å². The Balaban J connectivity index is 2.43. The number of ether oxygens (including phenoxy) is 2. The van der Waals surface area contributed by atoms with Crippen molar-refractivity contribution >= 4 is 0 Å². The first-order valence-electron chi connectivity index (χ1n) is 6.54. The molecule has 0 aromatic heterocycles. The smallest absolute Gasteiger partial charge is 0.118 e. The SMILES string of the molecule is CCOC(C)(c1ccccc1)c1ccc(OC)cc1. The Hall–Kier alpha value is -1.80. The lowest BCUT2D eigenvalue weighted by Crippen LogP contribution is -2.27. The first-order chi connectivity index (χ1) is 9.20. The molecule has 0 amide bonds. The molecule has 0 aliphatic heterocycles. The molecule has 0 radical (unpaired) electrons. The normalized spacial score (nSPS) is 13.8. The maximum absolute atomic E-state index is 6.03. The van der Waals surface area contributed by atoms with Gasteiger partial charge >= 0.3 is 0 Å². The third kappa shape index (κ3) is 2.79. The predicted molar refractivity (Wildman–Crippen MR) is 77.5 cm³/mol. The van der Waals surface area contributed by atoms with Gasteiger partial charge in [-0.25, -0.2) is 0 Å². The standard InChI is InChI=1S/C17H20O2/c1-4-19-17(2,14-8-6-5-7-9-14)15-10-12-16(18-3)13-11-15/h5-13H,4H2,1-3H3.